The predicted molar refractivity (Wildman–Crippen MR) is 80.2 cm³/mol. The molecule has 1 saturated carbocycles. The van der Waals surface area contributed by atoms with E-state index in [0.29, 0.717) is 24.8 Å². The highest BCUT2D eigenvalue weighted by Crippen LogP contribution is 2.33. The molecule has 0 aromatic carbocycles. The van der Waals surface area contributed by atoms with Crippen LogP contribution >= 0.6 is 0 Å². The van der Waals surface area contributed by atoms with Gasteiger partial charge in [-0.25, -0.2) is 13.4 Å². The molecule has 5 nitrogen and oxygen atoms in total. The second kappa shape index (κ2) is 6.10. The Labute approximate surface area is 121 Å². The number of nitrogens with one attached hydrogen (secondary N) is 1. The van der Waals surface area contributed by atoms with Crippen LogP contribution < -0.4 is 5.32 Å². The topological polar surface area (TPSA) is 62.3 Å². The third kappa shape index (κ3) is 3.30. The van der Waals surface area contributed by atoms with Crippen LogP contribution in [-0.4, -0.2) is 36.8 Å². The van der Waals surface area contributed by atoms with Crippen molar-refractivity contribution < 1.29 is 8.42 Å². The highest BCUT2D eigenvalue weighted by Gasteiger charge is 2.34. The van der Waals surface area contributed by atoms with Crippen LogP contribution in [0.3, 0.4) is 0 Å². The van der Waals surface area contributed by atoms with Gasteiger partial charge in [-0.05, 0) is 51.7 Å². The lowest BCUT2D eigenvalue weighted by Crippen LogP contribution is -2.38. The molecule has 0 atom stereocenters. The van der Waals surface area contributed by atoms with Gasteiger partial charge in [0.25, 0.3) is 0 Å². The molecule has 1 heterocycles. The number of aromatic nitrogens is 1. The molecule has 0 unspecified atom stereocenters. The van der Waals surface area contributed by atoms with Gasteiger partial charge in [0, 0.05) is 25.3 Å². The van der Waals surface area contributed by atoms with Crippen LogP contribution in [-0.2, 0) is 10.0 Å². The molecular weight excluding hydrogens is 274 g/mol. The monoisotopic (exact) mass is 297 g/mol. The minimum Gasteiger partial charge on any atom is -0.369 e. The smallest absolute Gasteiger partial charge is 0.246 e. The van der Waals surface area contributed by atoms with E-state index in [9.17, 15) is 8.42 Å². The molecule has 0 aliphatic heterocycles. The summed E-state index contributed by atoms with van der Waals surface area (Å²) in [5.41, 5.74) is 0. The molecule has 20 heavy (non-hydrogen) atoms. The van der Waals surface area contributed by atoms with Crippen LogP contribution in [0.4, 0.5) is 5.82 Å². The van der Waals surface area contributed by atoms with Gasteiger partial charge < -0.3 is 5.32 Å². The Morgan fingerprint density at radius 1 is 1.45 bits per heavy atom. The van der Waals surface area contributed by atoms with Crippen molar-refractivity contribution in [3.8, 4) is 0 Å². The van der Waals surface area contributed by atoms with E-state index in [1.807, 2.05) is 20.8 Å². The van der Waals surface area contributed by atoms with E-state index >= 15 is 0 Å². The van der Waals surface area contributed by atoms with Crippen molar-refractivity contribution in [2.45, 2.75) is 44.6 Å². The van der Waals surface area contributed by atoms with Crippen molar-refractivity contribution in [1.82, 2.24) is 9.29 Å². The van der Waals surface area contributed by atoms with Crippen molar-refractivity contribution in [3.05, 3.63) is 18.3 Å². The Morgan fingerprint density at radius 2 is 2.15 bits per heavy atom. The number of anilines is 1. The van der Waals surface area contributed by atoms with Gasteiger partial charge in [-0.15, -0.1) is 0 Å². The lowest BCUT2D eigenvalue weighted by atomic mass is 10.3. The average molecular weight is 297 g/mol. The minimum atomic E-state index is -3.50. The van der Waals surface area contributed by atoms with Gasteiger partial charge in [-0.1, -0.05) is 0 Å². The molecule has 1 N–H and O–H groups in total. The molecule has 0 bridgehead atoms. The fraction of sp³-hybridized carbons (Fsp3) is 0.643. The predicted octanol–water partition coefficient (Wildman–Crippen LogP) is 2.32. The summed E-state index contributed by atoms with van der Waals surface area (Å²) in [7, 11) is -3.50. The van der Waals surface area contributed by atoms with Gasteiger partial charge in [0.05, 0.1) is 0 Å². The van der Waals surface area contributed by atoms with E-state index in [1.165, 1.54) is 0 Å². The molecule has 1 aromatic heterocycles. The van der Waals surface area contributed by atoms with E-state index in [4.69, 9.17) is 0 Å². The standard InChI is InChI=1S/C14H23N3O2S/c1-4-15-14-13(6-5-9-16-14)20(18,19)17(11(2)3)10-12-7-8-12/h5-6,9,11-12H,4,7-8,10H2,1-3H3,(H,15,16). The molecule has 112 valence electrons. The zero-order valence-corrected chi connectivity index (χ0v) is 13.2. The number of pyridine rings is 1. The first kappa shape index (κ1) is 15.3. The van der Waals surface area contributed by atoms with Crippen LogP contribution in [0.1, 0.15) is 33.6 Å². The van der Waals surface area contributed by atoms with Gasteiger partial charge >= 0.3 is 0 Å². The Bertz CT molecular complexity index is 553. The Balaban J connectivity index is 2.36. The molecule has 1 fully saturated rings. The molecule has 0 saturated heterocycles. The Hall–Kier alpha value is -1.14. The average Bonchev–Trinajstić information content (AvgIpc) is 3.20. The summed E-state index contributed by atoms with van der Waals surface area (Å²) in [6, 6.07) is 3.25. The summed E-state index contributed by atoms with van der Waals surface area (Å²) in [6.07, 6.45) is 3.87. The van der Waals surface area contributed by atoms with Crippen molar-refractivity contribution in [1.29, 1.82) is 0 Å². The van der Waals surface area contributed by atoms with Crippen LogP contribution in [0.5, 0.6) is 0 Å². The molecule has 1 aromatic rings. The largest absolute Gasteiger partial charge is 0.369 e. The van der Waals surface area contributed by atoms with E-state index in [1.54, 1.807) is 22.6 Å². The summed E-state index contributed by atoms with van der Waals surface area (Å²) in [6.45, 7) is 7.02. The van der Waals surface area contributed by atoms with Crippen molar-refractivity contribution >= 4 is 15.8 Å². The fourth-order valence-corrected chi connectivity index (χ4v) is 4.00. The first-order chi connectivity index (χ1) is 9.46. The van der Waals surface area contributed by atoms with Crippen molar-refractivity contribution in [2.75, 3.05) is 18.4 Å². The molecular formula is C14H23N3O2S. The first-order valence-electron chi connectivity index (χ1n) is 7.17. The van der Waals surface area contributed by atoms with Crippen LogP contribution in [0.2, 0.25) is 0 Å². The van der Waals surface area contributed by atoms with Gasteiger partial charge in [0.2, 0.25) is 10.0 Å². The van der Waals surface area contributed by atoms with Crippen molar-refractivity contribution in [2.24, 2.45) is 5.92 Å². The second-order valence-corrected chi connectivity index (χ2v) is 7.35. The SMILES string of the molecule is CCNc1ncccc1S(=O)(=O)N(CC1CC1)C(C)C. The zero-order chi connectivity index (χ0) is 14.8. The minimum absolute atomic E-state index is 0.0460. The summed E-state index contributed by atoms with van der Waals surface area (Å²) in [5, 5.41) is 3.03. The lowest BCUT2D eigenvalue weighted by Gasteiger charge is -2.26. The second-order valence-electron chi connectivity index (χ2n) is 5.49. The highest BCUT2D eigenvalue weighted by atomic mass is 32.2. The van der Waals surface area contributed by atoms with Crippen molar-refractivity contribution in [3.63, 3.8) is 0 Å². The molecule has 0 amide bonds. The number of sulfonamides is 1. The molecule has 0 spiro atoms. The van der Waals surface area contributed by atoms with E-state index in [2.05, 4.69) is 10.3 Å². The normalized spacial score (nSPS) is 15.8. The summed E-state index contributed by atoms with van der Waals surface area (Å²) in [4.78, 5) is 4.43. The van der Waals surface area contributed by atoms with Crippen LogP contribution in [0.25, 0.3) is 0 Å². The maximum Gasteiger partial charge on any atom is 0.246 e. The maximum atomic E-state index is 12.9. The third-order valence-electron chi connectivity index (χ3n) is 3.41. The van der Waals surface area contributed by atoms with Gasteiger partial charge in [-0.3, -0.25) is 0 Å². The molecule has 6 heteroatoms. The summed E-state index contributed by atoms with van der Waals surface area (Å²) in [5.74, 6) is 0.961. The van der Waals surface area contributed by atoms with Gasteiger partial charge in [-0.2, -0.15) is 4.31 Å². The fourth-order valence-electron chi connectivity index (χ4n) is 2.17. The van der Waals surface area contributed by atoms with Crippen LogP contribution in [0.15, 0.2) is 23.2 Å². The molecule has 1 aliphatic carbocycles. The van der Waals surface area contributed by atoms with Gasteiger partial charge in [0.1, 0.15) is 10.7 Å². The summed E-state index contributed by atoms with van der Waals surface area (Å²) >= 11 is 0. The van der Waals surface area contributed by atoms with E-state index < -0.39 is 10.0 Å². The number of nitrogens with zero attached hydrogens (tertiary/aromatic N) is 2. The molecule has 1 aliphatic rings. The molecule has 2 rings (SSSR count). The molecule has 0 radical (unpaired) electrons. The first-order valence-corrected chi connectivity index (χ1v) is 8.61. The number of hydrogen-bond acceptors (Lipinski definition) is 4. The lowest BCUT2D eigenvalue weighted by molar-refractivity contribution is 0.342. The maximum absolute atomic E-state index is 12.9. The Kier molecular flexibility index (Phi) is 4.65. The Morgan fingerprint density at radius 3 is 2.70 bits per heavy atom. The number of hydrogen-bond donors (Lipinski definition) is 1. The third-order valence-corrected chi connectivity index (χ3v) is 5.49. The van der Waals surface area contributed by atoms with E-state index in [-0.39, 0.29) is 10.9 Å². The van der Waals surface area contributed by atoms with E-state index in [0.717, 1.165) is 12.8 Å². The van der Waals surface area contributed by atoms with Crippen LogP contribution in [0, 0.1) is 5.92 Å². The quantitative estimate of drug-likeness (QED) is 0.839. The number of rotatable bonds is 7. The summed E-state index contributed by atoms with van der Waals surface area (Å²) < 4.78 is 27.4. The highest BCUT2D eigenvalue weighted by molar-refractivity contribution is 7.89. The zero-order valence-electron chi connectivity index (χ0n) is 12.3. The van der Waals surface area contributed by atoms with Gasteiger partial charge in [0.15, 0.2) is 0 Å².